The van der Waals surface area contributed by atoms with Gasteiger partial charge in [0.05, 0.1) is 0 Å². The molecule has 0 aromatic rings. The summed E-state index contributed by atoms with van der Waals surface area (Å²) in [6, 6.07) is 0. The van der Waals surface area contributed by atoms with E-state index in [0.29, 0.717) is 0 Å². The molecule has 0 amide bonds. The summed E-state index contributed by atoms with van der Waals surface area (Å²) >= 11 is 2.36. The van der Waals surface area contributed by atoms with Gasteiger partial charge in [0.1, 0.15) is 0 Å². The molecule has 0 rings (SSSR count). The molecule has 0 aromatic heterocycles. The Morgan fingerprint density at radius 3 is 1.53 bits per heavy atom. The minimum atomic E-state index is 1.33. The van der Waals surface area contributed by atoms with E-state index in [0.717, 1.165) is 0 Å². The molecule has 0 unspecified atom stereocenters. The van der Waals surface area contributed by atoms with Crippen molar-refractivity contribution >= 4 is 0 Å². The molecule has 0 saturated heterocycles. The van der Waals surface area contributed by atoms with Gasteiger partial charge in [0.2, 0.25) is 0 Å². The summed E-state index contributed by atoms with van der Waals surface area (Å²) in [5.41, 5.74) is 1.77. The van der Waals surface area contributed by atoms with Crippen LogP contribution in [0.5, 0.6) is 0 Å². The zero-order valence-corrected chi connectivity index (χ0v) is 12.4. The first kappa shape index (κ1) is 15.5. The maximum atomic E-state index is 2.36. The van der Waals surface area contributed by atoms with Gasteiger partial charge in [-0.1, -0.05) is 0 Å². The summed E-state index contributed by atoms with van der Waals surface area (Å²) in [7, 11) is 0. The topological polar surface area (TPSA) is 0 Å². The summed E-state index contributed by atoms with van der Waals surface area (Å²) in [6.07, 6.45) is 12.1. The molecule has 0 radical (unpaired) electrons. The third-order valence-electron chi connectivity index (χ3n) is 2.87. The maximum absolute atomic E-state index is 2.36. The van der Waals surface area contributed by atoms with Crippen molar-refractivity contribution in [2.45, 2.75) is 78.6 Å². The fourth-order valence-corrected chi connectivity index (χ4v) is 2.40. The van der Waals surface area contributed by atoms with Gasteiger partial charge in [-0.3, -0.25) is 0 Å². The Morgan fingerprint density at radius 1 is 0.733 bits per heavy atom. The molecule has 15 heavy (non-hydrogen) atoms. The van der Waals surface area contributed by atoms with Crippen molar-refractivity contribution in [2.24, 2.45) is 0 Å². The number of rotatable bonds is 9. The monoisotopic (exact) mass is 243 g/mol. The molecule has 0 spiro atoms. The normalized spacial score (nSPS) is 10.3. The van der Waals surface area contributed by atoms with Crippen LogP contribution in [0.4, 0.5) is 0 Å². The second kappa shape index (κ2) is 11.0. The van der Waals surface area contributed by atoms with E-state index >= 15 is 0 Å². The first-order valence-corrected chi connectivity index (χ1v) is 7.46. The second-order valence-corrected chi connectivity index (χ2v) is 5.34. The van der Waals surface area contributed by atoms with Crippen LogP contribution < -0.4 is 0 Å². The van der Waals surface area contributed by atoms with E-state index in [1.165, 1.54) is 57.8 Å². The van der Waals surface area contributed by atoms with Crippen molar-refractivity contribution in [2.75, 3.05) is 0 Å². The summed E-state index contributed by atoms with van der Waals surface area (Å²) in [6.45, 7) is 6.86. The standard InChI is InChI=1S/C14H27.Ti/c1-4-7-10-13-14(11-8-5-2)12-9-6-3;/h4-12H2,1-3H3;. The predicted octanol–water partition coefficient (Wildman–Crippen LogP) is 5.36. The fourth-order valence-electron chi connectivity index (χ4n) is 1.74. The van der Waals surface area contributed by atoms with Crippen LogP contribution in [-0.2, 0) is 20.4 Å². The quantitative estimate of drug-likeness (QED) is 0.478. The Bertz CT molecular complexity index is 160. The summed E-state index contributed by atoms with van der Waals surface area (Å²) < 4.78 is 1.69. The third kappa shape index (κ3) is 8.28. The van der Waals surface area contributed by atoms with Crippen LogP contribution in [0.1, 0.15) is 78.6 Å². The molecule has 0 atom stereocenters. The van der Waals surface area contributed by atoms with Crippen molar-refractivity contribution < 1.29 is 20.4 Å². The van der Waals surface area contributed by atoms with Gasteiger partial charge in [-0.2, -0.15) is 0 Å². The molecular formula is C14H27Ti. The molecule has 0 N–H and O–H groups in total. The SMILES string of the molecule is CCCC[C]([Ti])=C(CCCC)CCCC. The van der Waals surface area contributed by atoms with E-state index in [1.807, 2.05) is 0 Å². The summed E-state index contributed by atoms with van der Waals surface area (Å²) in [5, 5.41) is 0. The Balaban J connectivity index is 4.14. The summed E-state index contributed by atoms with van der Waals surface area (Å²) in [5.74, 6) is 0. The van der Waals surface area contributed by atoms with Crippen LogP contribution in [0.25, 0.3) is 0 Å². The number of hydrogen-bond acceptors (Lipinski definition) is 0. The number of allylic oxidation sites excluding steroid dienone is 2. The van der Waals surface area contributed by atoms with E-state index in [1.54, 1.807) is 9.45 Å². The van der Waals surface area contributed by atoms with Gasteiger partial charge in [0, 0.05) is 0 Å². The van der Waals surface area contributed by atoms with E-state index in [4.69, 9.17) is 0 Å². The first-order chi connectivity index (χ1) is 7.26. The Kier molecular flexibility index (Phi) is 11.3. The van der Waals surface area contributed by atoms with E-state index in [2.05, 4.69) is 41.2 Å². The van der Waals surface area contributed by atoms with Crippen LogP contribution in [0.15, 0.2) is 9.45 Å². The van der Waals surface area contributed by atoms with Crippen LogP contribution >= 0.6 is 0 Å². The van der Waals surface area contributed by atoms with Gasteiger partial charge in [-0.05, 0) is 0 Å². The minimum absolute atomic E-state index is 1.33. The van der Waals surface area contributed by atoms with Crippen LogP contribution in [0.3, 0.4) is 0 Å². The van der Waals surface area contributed by atoms with Crippen molar-refractivity contribution in [3.8, 4) is 0 Å². The molecule has 0 aromatic carbocycles. The average Bonchev–Trinajstić information content (AvgIpc) is 2.26. The van der Waals surface area contributed by atoms with E-state index in [-0.39, 0.29) is 0 Å². The molecule has 0 aliphatic heterocycles. The number of hydrogen-bond donors (Lipinski definition) is 0. The number of unbranched alkanes of at least 4 members (excludes halogenated alkanes) is 3. The molecule has 0 nitrogen and oxygen atoms in total. The molecule has 0 bridgehead atoms. The second-order valence-electron chi connectivity index (χ2n) is 4.39. The van der Waals surface area contributed by atoms with Gasteiger partial charge in [-0.25, -0.2) is 0 Å². The van der Waals surface area contributed by atoms with Gasteiger partial charge < -0.3 is 0 Å². The molecule has 87 valence electrons. The van der Waals surface area contributed by atoms with Crippen molar-refractivity contribution in [1.29, 1.82) is 0 Å². The van der Waals surface area contributed by atoms with E-state index in [9.17, 15) is 0 Å². The molecule has 0 aliphatic carbocycles. The first-order valence-electron chi connectivity index (χ1n) is 6.68. The van der Waals surface area contributed by atoms with Gasteiger partial charge >= 0.3 is 108 Å². The molecule has 1 heteroatoms. The molecule has 0 saturated carbocycles. The zero-order valence-electron chi connectivity index (χ0n) is 10.9. The molecule has 0 aliphatic rings. The van der Waals surface area contributed by atoms with Crippen molar-refractivity contribution in [1.82, 2.24) is 0 Å². The zero-order chi connectivity index (χ0) is 11.5. The van der Waals surface area contributed by atoms with Crippen LogP contribution in [0.2, 0.25) is 0 Å². The van der Waals surface area contributed by atoms with Crippen molar-refractivity contribution in [3.63, 3.8) is 0 Å². The molecule has 0 fully saturated rings. The van der Waals surface area contributed by atoms with Crippen LogP contribution in [-0.4, -0.2) is 0 Å². The Hall–Kier alpha value is 0.454. The predicted molar refractivity (Wildman–Crippen MR) is 65.6 cm³/mol. The van der Waals surface area contributed by atoms with Gasteiger partial charge in [0.15, 0.2) is 0 Å². The van der Waals surface area contributed by atoms with Gasteiger partial charge in [0.25, 0.3) is 0 Å². The average molecular weight is 243 g/mol. The Labute approximate surface area is 108 Å². The molecule has 0 heterocycles. The molecular weight excluding hydrogens is 216 g/mol. The summed E-state index contributed by atoms with van der Waals surface area (Å²) in [4.78, 5) is 0. The van der Waals surface area contributed by atoms with Crippen molar-refractivity contribution in [3.05, 3.63) is 9.45 Å². The Morgan fingerprint density at radius 2 is 1.13 bits per heavy atom. The van der Waals surface area contributed by atoms with E-state index < -0.39 is 0 Å². The van der Waals surface area contributed by atoms with Crippen LogP contribution in [0, 0.1) is 0 Å². The van der Waals surface area contributed by atoms with Gasteiger partial charge in [-0.15, -0.1) is 0 Å². The fraction of sp³-hybridized carbons (Fsp3) is 0.857. The third-order valence-corrected chi connectivity index (χ3v) is 3.81.